The molecule has 0 bridgehead atoms. The summed E-state index contributed by atoms with van der Waals surface area (Å²) in [7, 11) is 0. The van der Waals surface area contributed by atoms with Crippen LogP contribution in [0.1, 0.15) is 18.4 Å². The summed E-state index contributed by atoms with van der Waals surface area (Å²) >= 11 is 5.76. The molecule has 16 heavy (non-hydrogen) atoms. The van der Waals surface area contributed by atoms with E-state index in [-0.39, 0.29) is 0 Å². The Labute approximate surface area is 98.7 Å². The van der Waals surface area contributed by atoms with Gasteiger partial charge in [0, 0.05) is 11.4 Å². The van der Waals surface area contributed by atoms with Gasteiger partial charge in [-0.25, -0.2) is 0 Å². The lowest BCUT2D eigenvalue weighted by Gasteiger charge is -2.41. The Morgan fingerprint density at radius 2 is 1.94 bits per heavy atom. The predicted molar refractivity (Wildman–Crippen MR) is 60.5 cm³/mol. The van der Waals surface area contributed by atoms with Gasteiger partial charge in [0.1, 0.15) is 0 Å². The van der Waals surface area contributed by atoms with E-state index in [1.54, 1.807) is 12.1 Å². The monoisotopic (exact) mass is 240 g/mol. The van der Waals surface area contributed by atoms with Crippen LogP contribution in [0.3, 0.4) is 0 Å². The van der Waals surface area contributed by atoms with E-state index >= 15 is 0 Å². The SMILES string of the molecule is O=C(O)C1CC(O)(Cc2ccc(Cl)cc2)C1. The molecular weight excluding hydrogens is 228 g/mol. The van der Waals surface area contributed by atoms with E-state index in [0.29, 0.717) is 24.3 Å². The van der Waals surface area contributed by atoms with E-state index in [1.807, 2.05) is 12.1 Å². The van der Waals surface area contributed by atoms with Crippen LogP contribution in [0.15, 0.2) is 24.3 Å². The zero-order chi connectivity index (χ0) is 11.8. The minimum Gasteiger partial charge on any atom is -0.481 e. The highest BCUT2D eigenvalue weighted by Gasteiger charge is 2.46. The molecule has 2 N–H and O–H groups in total. The molecule has 0 spiro atoms. The third-order valence-corrected chi connectivity index (χ3v) is 3.30. The summed E-state index contributed by atoms with van der Waals surface area (Å²) in [6, 6.07) is 7.25. The number of hydrogen-bond acceptors (Lipinski definition) is 2. The first kappa shape index (κ1) is 11.4. The van der Waals surface area contributed by atoms with Crippen LogP contribution in [0.2, 0.25) is 5.02 Å². The summed E-state index contributed by atoms with van der Waals surface area (Å²) in [6.07, 6.45) is 1.17. The fourth-order valence-corrected chi connectivity index (χ4v) is 2.28. The highest BCUT2D eigenvalue weighted by atomic mass is 35.5. The molecular formula is C12H13ClO3. The van der Waals surface area contributed by atoms with Crippen LogP contribution in [0.4, 0.5) is 0 Å². The van der Waals surface area contributed by atoms with E-state index in [1.165, 1.54) is 0 Å². The first-order valence-electron chi connectivity index (χ1n) is 5.18. The maximum Gasteiger partial charge on any atom is 0.306 e. The first-order valence-corrected chi connectivity index (χ1v) is 5.56. The average Bonchev–Trinajstić information content (AvgIpc) is 2.17. The second kappa shape index (κ2) is 4.07. The first-order chi connectivity index (χ1) is 7.48. The molecule has 0 radical (unpaired) electrons. The van der Waals surface area contributed by atoms with Crippen molar-refractivity contribution in [3.63, 3.8) is 0 Å². The molecule has 1 aromatic carbocycles. The fraction of sp³-hybridized carbons (Fsp3) is 0.417. The smallest absolute Gasteiger partial charge is 0.306 e. The topological polar surface area (TPSA) is 57.5 Å². The van der Waals surface area contributed by atoms with Crippen molar-refractivity contribution in [3.8, 4) is 0 Å². The average molecular weight is 241 g/mol. The van der Waals surface area contributed by atoms with Gasteiger partial charge in [-0.2, -0.15) is 0 Å². The van der Waals surface area contributed by atoms with Crippen molar-refractivity contribution in [3.05, 3.63) is 34.9 Å². The molecule has 3 nitrogen and oxygen atoms in total. The fourth-order valence-electron chi connectivity index (χ4n) is 2.16. The molecule has 1 aromatic rings. The molecule has 4 heteroatoms. The minimum atomic E-state index is -0.850. The minimum absolute atomic E-state index is 0.338. The summed E-state index contributed by atoms with van der Waals surface area (Å²) in [4.78, 5) is 10.6. The van der Waals surface area contributed by atoms with Crippen molar-refractivity contribution in [1.82, 2.24) is 0 Å². The van der Waals surface area contributed by atoms with Gasteiger partial charge in [-0.1, -0.05) is 23.7 Å². The third kappa shape index (κ3) is 2.36. The van der Waals surface area contributed by atoms with Gasteiger partial charge in [-0.15, -0.1) is 0 Å². The summed E-state index contributed by atoms with van der Waals surface area (Å²) in [5, 5.41) is 19.5. The van der Waals surface area contributed by atoms with Crippen molar-refractivity contribution in [2.24, 2.45) is 5.92 Å². The molecule has 1 aliphatic rings. The van der Waals surface area contributed by atoms with Gasteiger partial charge in [-0.05, 0) is 30.5 Å². The highest BCUT2D eigenvalue weighted by Crippen LogP contribution is 2.40. The van der Waals surface area contributed by atoms with Gasteiger partial charge in [0.2, 0.25) is 0 Å². The van der Waals surface area contributed by atoms with Crippen LogP contribution < -0.4 is 0 Å². The van der Waals surface area contributed by atoms with Gasteiger partial charge in [-0.3, -0.25) is 4.79 Å². The van der Waals surface area contributed by atoms with Crippen LogP contribution in [-0.2, 0) is 11.2 Å². The van der Waals surface area contributed by atoms with Gasteiger partial charge in [0.25, 0.3) is 0 Å². The maximum atomic E-state index is 10.6. The Morgan fingerprint density at radius 1 is 1.38 bits per heavy atom. The molecule has 1 fully saturated rings. The Bertz CT molecular complexity index is 393. The van der Waals surface area contributed by atoms with Crippen molar-refractivity contribution >= 4 is 17.6 Å². The van der Waals surface area contributed by atoms with E-state index in [4.69, 9.17) is 16.7 Å². The number of rotatable bonds is 3. The van der Waals surface area contributed by atoms with Crippen LogP contribution in [0.25, 0.3) is 0 Å². The Kier molecular flexibility index (Phi) is 2.91. The van der Waals surface area contributed by atoms with Gasteiger partial charge >= 0.3 is 5.97 Å². The zero-order valence-electron chi connectivity index (χ0n) is 8.69. The van der Waals surface area contributed by atoms with E-state index in [9.17, 15) is 9.90 Å². The highest BCUT2D eigenvalue weighted by molar-refractivity contribution is 6.30. The Morgan fingerprint density at radius 3 is 2.44 bits per heavy atom. The number of benzene rings is 1. The maximum absolute atomic E-state index is 10.6. The number of carbonyl (C=O) groups is 1. The molecule has 0 aliphatic heterocycles. The summed E-state index contributed by atoms with van der Waals surface area (Å²) in [5.74, 6) is -1.21. The largest absolute Gasteiger partial charge is 0.481 e. The zero-order valence-corrected chi connectivity index (χ0v) is 9.44. The molecule has 0 unspecified atom stereocenters. The standard InChI is InChI=1S/C12H13ClO3/c13-10-3-1-8(2-4-10)5-12(16)6-9(7-12)11(14)15/h1-4,9,16H,5-7H2,(H,14,15). The molecule has 86 valence electrons. The second-order valence-electron chi connectivity index (χ2n) is 4.47. The van der Waals surface area contributed by atoms with E-state index in [2.05, 4.69) is 0 Å². The normalized spacial score (nSPS) is 28.5. The van der Waals surface area contributed by atoms with E-state index in [0.717, 1.165) is 5.56 Å². The lowest BCUT2D eigenvalue weighted by Crippen LogP contribution is -2.48. The lowest BCUT2D eigenvalue weighted by molar-refractivity contribution is -0.158. The number of hydrogen-bond donors (Lipinski definition) is 2. The Hall–Kier alpha value is -1.06. The molecule has 2 rings (SSSR count). The summed E-state index contributed by atoms with van der Waals surface area (Å²) < 4.78 is 0. The molecule has 0 atom stereocenters. The molecule has 0 amide bonds. The van der Waals surface area contributed by atoms with Crippen LogP contribution in [0.5, 0.6) is 0 Å². The number of carboxylic acids is 1. The quantitative estimate of drug-likeness (QED) is 0.851. The van der Waals surface area contributed by atoms with Crippen LogP contribution >= 0.6 is 11.6 Å². The van der Waals surface area contributed by atoms with Crippen LogP contribution in [0, 0.1) is 5.92 Å². The number of aliphatic carboxylic acids is 1. The summed E-state index contributed by atoms with van der Waals surface area (Å²) in [5.41, 5.74) is 0.132. The predicted octanol–water partition coefficient (Wildman–Crippen LogP) is 2.11. The molecule has 0 aromatic heterocycles. The van der Waals surface area contributed by atoms with Crippen molar-refractivity contribution < 1.29 is 15.0 Å². The van der Waals surface area contributed by atoms with Gasteiger partial charge in [0.15, 0.2) is 0 Å². The molecule has 1 aliphatic carbocycles. The van der Waals surface area contributed by atoms with Crippen molar-refractivity contribution in [2.45, 2.75) is 24.9 Å². The number of halogens is 1. The summed E-state index contributed by atoms with van der Waals surface area (Å²) in [6.45, 7) is 0. The number of carboxylic acid groups (broad SMARTS) is 1. The molecule has 1 saturated carbocycles. The van der Waals surface area contributed by atoms with Crippen LogP contribution in [-0.4, -0.2) is 21.8 Å². The number of aliphatic hydroxyl groups is 1. The van der Waals surface area contributed by atoms with Gasteiger partial charge < -0.3 is 10.2 Å². The van der Waals surface area contributed by atoms with Crippen molar-refractivity contribution in [2.75, 3.05) is 0 Å². The lowest BCUT2D eigenvalue weighted by atomic mass is 9.68. The van der Waals surface area contributed by atoms with Crippen molar-refractivity contribution in [1.29, 1.82) is 0 Å². The third-order valence-electron chi connectivity index (χ3n) is 3.05. The molecule has 0 saturated heterocycles. The Balaban J connectivity index is 1.96. The molecule has 0 heterocycles. The second-order valence-corrected chi connectivity index (χ2v) is 4.91. The van der Waals surface area contributed by atoms with E-state index < -0.39 is 17.5 Å². The van der Waals surface area contributed by atoms with Gasteiger partial charge in [0.05, 0.1) is 11.5 Å².